The first-order chi connectivity index (χ1) is 8.46. The van der Waals surface area contributed by atoms with Crippen molar-refractivity contribution in [2.24, 2.45) is 0 Å². The summed E-state index contributed by atoms with van der Waals surface area (Å²) in [5.41, 5.74) is -1.17. The highest BCUT2D eigenvalue weighted by Crippen LogP contribution is 2.46. The molecular weight excluding hydrogens is 244 g/mol. The van der Waals surface area contributed by atoms with E-state index in [0.29, 0.717) is 25.7 Å². The predicted molar refractivity (Wildman–Crippen MR) is 62.8 cm³/mol. The van der Waals surface area contributed by atoms with Crippen LogP contribution in [0.1, 0.15) is 25.7 Å². The van der Waals surface area contributed by atoms with Crippen LogP contribution in [0.4, 0.5) is 17.6 Å². The number of halogens is 4. The molecule has 0 amide bonds. The average Bonchev–Trinajstić information content (AvgIpc) is 2.40. The molecule has 0 aromatic rings. The monoisotopic (exact) mass is 258 g/mol. The van der Waals surface area contributed by atoms with Gasteiger partial charge in [-0.1, -0.05) is 36.5 Å². The van der Waals surface area contributed by atoms with Gasteiger partial charge < -0.3 is 0 Å². The topological polar surface area (TPSA) is 0 Å². The van der Waals surface area contributed by atoms with E-state index < -0.39 is 23.0 Å². The van der Waals surface area contributed by atoms with Crippen molar-refractivity contribution in [1.82, 2.24) is 0 Å². The lowest BCUT2D eigenvalue weighted by Gasteiger charge is -2.30. The molecule has 4 heteroatoms. The molecule has 0 unspecified atom stereocenters. The molecule has 0 atom stereocenters. The zero-order valence-electron chi connectivity index (χ0n) is 9.80. The normalized spacial score (nSPS) is 20.7. The molecule has 2 rings (SSSR count). The molecule has 0 heterocycles. The van der Waals surface area contributed by atoms with Gasteiger partial charge in [0.25, 0.3) is 0 Å². The second-order valence-corrected chi connectivity index (χ2v) is 4.43. The van der Waals surface area contributed by atoms with E-state index in [1.807, 2.05) is 0 Å². The Morgan fingerprint density at radius 2 is 1.06 bits per heavy atom. The summed E-state index contributed by atoms with van der Waals surface area (Å²) >= 11 is 0. The van der Waals surface area contributed by atoms with Gasteiger partial charge in [0.1, 0.15) is 0 Å². The molecular formula is C14H14F4. The predicted octanol–water partition coefficient (Wildman–Crippen LogP) is 4.81. The van der Waals surface area contributed by atoms with Crippen molar-refractivity contribution in [3.05, 3.63) is 47.6 Å². The third-order valence-corrected chi connectivity index (χ3v) is 3.11. The summed E-state index contributed by atoms with van der Waals surface area (Å²) in [4.78, 5) is 0. The van der Waals surface area contributed by atoms with Crippen LogP contribution in [-0.2, 0) is 0 Å². The van der Waals surface area contributed by atoms with Gasteiger partial charge in [-0.15, -0.1) is 0 Å². The Labute approximate surface area is 103 Å². The van der Waals surface area contributed by atoms with Crippen molar-refractivity contribution in [2.45, 2.75) is 37.5 Å². The summed E-state index contributed by atoms with van der Waals surface area (Å²) in [6, 6.07) is 0. The highest BCUT2D eigenvalue weighted by molar-refractivity contribution is 5.40. The lowest BCUT2D eigenvalue weighted by molar-refractivity contribution is -0.157. The van der Waals surface area contributed by atoms with E-state index in [4.69, 9.17) is 0 Å². The highest BCUT2D eigenvalue weighted by Gasteiger charge is 2.59. The Kier molecular flexibility index (Phi) is 3.46. The van der Waals surface area contributed by atoms with E-state index in [1.165, 1.54) is 24.3 Å². The molecule has 2 aliphatic carbocycles. The number of hydrogen-bond acceptors (Lipinski definition) is 0. The second kappa shape index (κ2) is 4.75. The molecule has 98 valence electrons. The average molecular weight is 258 g/mol. The third-order valence-electron chi connectivity index (χ3n) is 3.11. The van der Waals surface area contributed by atoms with Gasteiger partial charge >= 0.3 is 11.8 Å². The quantitative estimate of drug-likeness (QED) is 0.637. The molecule has 18 heavy (non-hydrogen) atoms. The third kappa shape index (κ3) is 2.16. The minimum atomic E-state index is -4.16. The van der Waals surface area contributed by atoms with Crippen LogP contribution in [0.15, 0.2) is 47.6 Å². The summed E-state index contributed by atoms with van der Waals surface area (Å²) in [7, 11) is 0. The molecule has 2 aliphatic rings. The van der Waals surface area contributed by atoms with Crippen molar-refractivity contribution in [3.63, 3.8) is 0 Å². The van der Waals surface area contributed by atoms with Gasteiger partial charge in [-0.2, -0.15) is 17.6 Å². The Morgan fingerprint density at radius 3 is 1.33 bits per heavy atom. The first-order valence-electron chi connectivity index (χ1n) is 5.96. The lowest BCUT2D eigenvalue weighted by Crippen LogP contribution is -2.43. The number of rotatable bonds is 3. The van der Waals surface area contributed by atoms with Crippen molar-refractivity contribution in [3.8, 4) is 0 Å². The van der Waals surface area contributed by atoms with E-state index >= 15 is 0 Å². The summed E-state index contributed by atoms with van der Waals surface area (Å²) in [6.45, 7) is 0. The fourth-order valence-corrected chi connectivity index (χ4v) is 2.06. The minimum absolute atomic E-state index is 0.381. The molecule has 0 aliphatic heterocycles. The summed E-state index contributed by atoms with van der Waals surface area (Å²) in [5, 5.41) is 0. The smallest absolute Gasteiger partial charge is 0.194 e. The van der Waals surface area contributed by atoms with Gasteiger partial charge in [-0.3, -0.25) is 0 Å². The maximum absolute atomic E-state index is 13.9. The van der Waals surface area contributed by atoms with Crippen LogP contribution in [-0.4, -0.2) is 11.8 Å². The first-order valence-corrected chi connectivity index (χ1v) is 5.96. The van der Waals surface area contributed by atoms with Crippen LogP contribution in [0.2, 0.25) is 0 Å². The van der Waals surface area contributed by atoms with Gasteiger partial charge in [0.15, 0.2) is 0 Å². The van der Waals surface area contributed by atoms with Crippen molar-refractivity contribution >= 4 is 0 Å². The summed E-state index contributed by atoms with van der Waals surface area (Å²) in [5.74, 6) is -8.31. The van der Waals surface area contributed by atoms with Crippen LogP contribution in [0.3, 0.4) is 0 Å². The molecule has 0 N–H and O–H groups in total. The number of alkyl halides is 4. The van der Waals surface area contributed by atoms with E-state index in [1.54, 1.807) is 0 Å². The van der Waals surface area contributed by atoms with Crippen LogP contribution < -0.4 is 0 Å². The van der Waals surface area contributed by atoms with Crippen molar-refractivity contribution < 1.29 is 17.6 Å². The van der Waals surface area contributed by atoms with Crippen LogP contribution in [0, 0.1) is 0 Å². The Morgan fingerprint density at radius 1 is 0.667 bits per heavy atom. The van der Waals surface area contributed by atoms with Gasteiger partial charge in [0, 0.05) is 11.1 Å². The van der Waals surface area contributed by atoms with E-state index in [0.717, 1.165) is 12.2 Å². The maximum Gasteiger partial charge on any atom is 0.339 e. The van der Waals surface area contributed by atoms with Crippen LogP contribution in [0.25, 0.3) is 0 Å². The molecule has 0 nitrogen and oxygen atoms in total. The molecule has 0 bridgehead atoms. The van der Waals surface area contributed by atoms with E-state index in [2.05, 4.69) is 0 Å². The van der Waals surface area contributed by atoms with Crippen LogP contribution in [0.5, 0.6) is 0 Å². The molecule has 0 aromatic carbocycles. The zero-order valence-corrected chi connectivity index (χ0v) is 9.80. The highest BCUT2D eigenvalue weighted by atomic mass is 19.3. The number of allylic oxidation sites excluding steroid dienone is 8. The fraction of sp³-hybridized carbons (Fsp3) is 0.429. The molecule has 0 saturated carbocycles. The van der Waals surface area contributed by atoms with E-state index in [9.17, 15) is 17.6 Å². The number of hydrogen-bond donors (Lipinski definition) is 0. The van der Waals surface area contributed by atoms with Crippen molar-refractivity contribution in [2.75, 3.05) is 0 Å². The van der Waals surface area contributed by atoms with Crippen molar-refractivity contribution in [1.29, 1.82) is 0 Å². The fourth-order valence-electron chi connectivity index (χ4n) is 2.06. The molecule has 0 saturated heterocycles. The van der Waals surface area contributed by atoms with Gasteiger partial charge in [0.05, 0.1) is 0 Å². The Hall–Kier alpha value is -1.32. The summed E-state index contributed by atoms with van der Waals surface area (Å²) in [6.07, 6.45) is 9.60. The largest absolute Gasteiger partial charge is 0.339 e. The van der Waals surface area contributed by atoms with Gasteiger partial charge in [0.2, 0.25) is 0 Å². The van der Waals surface area contributed by atoms with Gasteiger partial charge in [-0.25, -0.2) is 0 Å². The second-order valence-electron chi connectivity index (χ2n) is 4.43. The Balaban J connectivity index is 2.32. The molecule has 0 aromatic heterocycles. The molecule has 0 fully saturated rings. The standard InChI is InChI=1S/C14H14F4/c15-13(16,11-7-3-1-4-8-11)14(17,18)12-9-5-2-6-10-12/h3,5,7-10H,1-2,4,6H2. The maximum atomic E-state index is 13.9. The molecule has 0 spiro atoms. The zero-order chi connectivity index (χ0) is 13.2. The van der Waals surface area contributed by atoms with Crippen LogP contribution >= 0.6 is 0 Å². The first kappa shape index (κ1) is 13.1. The van der Waals surface area contributed by atoms with E-state index in [-0.39, 0.29) is 0 Å². The minimum Gasteiger partial charge on any atom is -0.194 e. The SMILES string of the molecule is FC(F)(C1=CCCC=C1)C(F)(F)C1=CCCC=C1. The Bertz CT molecular complexity index is 397. The summed E-state index contributed by atoms with van der Waals surface area (Å²) < 4.78 is 55.7. The lowest BCUT2D eigenvalue weighted by atomic mass is 9.90. The van der Waals surface area contributed by atoms with Gasteiger partial charge in [-0.05, 0) is 25.7 Å². The molecule has 0 radical (unpaired) electrons.